The normalized spacial score (nSPS) is 10.7. The van der Waals surface area contributed by atoms with Gasteiger partial charge in [-0.1, -0.05) is 26.0 Å². The quantitative estimate of drug-likeness (QED) is 0.352. The number of ketones is 1. The largest absolute Gasteiger partial charge is 0.483 e. The van der Waals surface area contributed by atoms with Gasteiger partial charge in [0.05, 0.1) is 13.7 Å². The molecule has 0 unspecified atom stereocenters. The third-order valence-corrected chi connectivity index (χ3v) is 1.85. The Labute approximate surface area is 125 Å². The molecule has 0 aliphatic rings. The molecule has 118 valence electrons. The zero-order valence-corrected chi connectivity index (χ0v) is 14.4. The van der Waals surface area contributed by atoms with E-state index in [1.54, 1.807) is 32.4 Å². The van der Waals surface area contributed by atoms with Crippen molar-refractivity contribution in [3.63, 3.8) is 0 Å². The minimum absolute atomic E-state index is 0.0762. The molecule has 0 aromatic rings. The molecule has 0 saturated heterocycles. The van der Waals surface area contributed by atoms with Crippen molar-refractivity contribution in [1.29, 1.82) is 0 Å². The molecule has 0 aliphatic heterocycles. The second-order valence-corrected chi connectivity index (χ2v) is 3.78. The molecule has 0 aliphatic carbocycles. The van der Waals surface area contributed by atoms with E-state index in [4.69, 9.17) is 4.74 Å². The average Bonchev–Trinajstić information content (AvgIpc) is 2.42. The number of rotatable bonds is 6. The fourth-order valence-corrected chi connectivity index (χ4v) is 1.08. The molecule has 1 N–H and O–H groups in total. The standard InChI is InChI=1S/C11H20N2O2.C3H6.C2H6/c1-6-9(7-11(12-2)15-5)10(14)8-13(3)4;1-3-2;1-2/h6-7,12H,8H2,1-5H3;3H,1H2,2H3;1-2H3/b9-6+,11-7+;;. The Morgan fingerprint density at radius 3 is 2.00 bits per heavy atom. The smallest absolute Gasteiger partial charge is 0.186 e. The Morgan fingerprint density at radius 2 is 1.75 bits per heavy atom. The second kappa shape index (κ2) is 17.4. The molecule has 0 aromatic heterocycles. The molecule has 4 heteroatoms. The van der Waals surface area contributed by atoms with E-state index in [1.807, 2.05) is 46.7 Å². The molecule has 0 saturated carbocycles. The van der Waals surface area contributed by atoms with Crippen molar-refractivity contribution >= 4 is 5.78 Å². The van der Waals surface area contributed by atoms with Crippen molar-refractivity contribution in [3.05, 3.63) is 36.3 Å². The van der Waals surface area contributed by atoms with Crippen molar-refractivity contribution in [2.75, 3.05) is 34.8 Å². The Balaban J connectivity index is -0.000000505. The predicted octanol–water partition coefficient (Wildman–Crippen LogP) is 2.99. The molecule has 0 bridgehead atoms. The van der Waals surface area contributed by atoms with E-state index in [0.717, 1.165) is 0 Å². The number of allylic oxidation sites excluding steroid dienone is 3. The highest BCUT2D eigenvalue weighted by molar-refractivity contribution is 5.99. The van der Waals surface area contributed by atoms with Crippen molar-refractivity contribution < 1.29 is 9.53 Å². The maximum Gasteiger partial charge on any atom is 0.186 e. The Bertz CT molecular complexity index is 300. The highest BCUT2D eigenvalue weighted by Gasteiger charge is 2.08. The summed E-state index contributed by atoms with van der Waals surface area (Å²) in [6.07, 6.45) is 5.23. The van der Waals surface area contributed by atoms with Gasteiger partial charge < -0.3 is 15.0 Å². The number of carbonyl (C=O) groups excluding carboxylic acids is 1. The van der Waals surface area contributed by atoms with E-state index in [0.29, 0.717) is 18.0 Å². The summed E-state index contributed by atoms with van der Waals surface area (Å²) in [5.41, 5.74) is 0.648. The van der Waals surface area contributed by atoms with Crippen LogP contribution < -0.4 is 5.32 Å². The topological polar surface area (TPSA) is 41.6 Å². The van der Waals surface area contributed by atoms with Gasteiger partial charge in [0.2, 0.25) is 0 Å². The Hall–Kier alpha value is -1.55. The van der Waals surface area contributed by atoms with Gasteiger partial charge in [0.1, 0.15) is 0 Å². The zero-order valence-electron chi connectivity index (χ0n) is 14.4. The van der Waals surface area contributed by atoms with Gasteiger partial charge in [-0.05, 0) is 27.9 Å². The molecule has 0 rings (SSSR count). The fraction of sp³-hybridized carbons (Fsp3) is 0.562. The van der Waals surface area contributed by atoms with Crippen LogP contribution in [0, 0.1) is 0 Å². The molecule has 0 heterocycles. The molecule has 0 spiro atoms. The van der Waals surface area contributed by atoms with Crippen molar-refractivity contribution in [2.24, 2.45) is 0 Å². The monoisotopic (exact) mass is 284 g/mol. The van der Waals surface area contributed by atoms with E-state index in [1.165, 1.54) is 0 Å². The number of ether oxygens (including phenoxy) is 1. The highest BCUT2D eigenvalue weighted by Crippen LogP contribution is 2.03. The molecule has 0 radical (unpaired) electrons. The summed E-state index contributed by atoms with van der Waals surface area (Å²) in [5.74, 6) is 0.655. The molecular formula is C16H32N2O2. The van der Waals surface area contributed by atoms with Crippen molar-refractivity contribution in [2.45, 2.75) is 27.7 Å². The Morgan fingerprint density at radius 1 is 1.30 bits per heavy atom. The number of hydrogen-bond acceptors (Lipinski definition) is 4. The van der Waals surface area contributed by atoms with E-state index in [9.17, 15) is 4.79 Å². The van der Waals surface area contributed by atoms with Gasteiger partial charge in [-0.2, -0.15) is 0 Å². The third-order valence-electron chi connectivity index (χ3n) is 1.85. The van der Waals surface area contributed by atoms with E-state index in [2.05, 4.69) is 11.9 Å². The van der Waals surface area contributed by atoms with E-state index in [-0.39, 0.29) is 5.78 Å². The number of carbonyl (C=O) groups is 1. The summed E-state index contributed by atoms with van der Waals surface area (Å²) in [7, 11) is 7.04. The fourth-order valence-electron chi connectivity index (χ4n) is 1.08. The van der Waals surface area contributed by atoms with Gasteiger partial charge >= 0.3 is 0 Å². The first-order valence-corrected chi connectivity index (χ1v) is 6.81. The van der Waals surface area contributed by atoms with Gasteiger partial charge in [0.15, 0.2) is 11.7 Å². The highest BCUT2D eigenvalue weighted by atomic mass is 16.5. The summed E-state index contributed by atoms with van der Waals surface area (Å²) in [6.45, 7) is 11.5. The lowest BCUT2D eigenvalue weighted by atomic mass is 10.1. The average molecular weight is 284 g/mol. The van der Waals surface area contributed by atoms with Crippen LogP contribution in [0.2, 0.25) is 0 Å². The lowest BCUT2D eigenvalue weighted by Gasteiger charge is -2.10. The third kappa shape index (κ3) is 14.5. The van der Waals surface area contributed by atoms with Crippen LogP contribution in [0.5, 0.6) is 0 Å². The molecule has 0 aromatic carbocycles. The maximum absolute atomic E-state index is 11.7. The lowest BCUT2D eigenvalue weighted by Crippen LogP contribution is -2.23. The number of methoxy groups -OCH3 is 1. The van der Waals surface area contributed by atoms with Gasteiger partial charge in [0.25, 0.3) is 0 Å². The molecule has 0 amide bonds. The van der Waals surface area contributed by atoms with Crippen LogP contribution in [0.1, 0.15) is 27.7 Å². The molecular weight excluding hydrogens is 252 g/mol. The molecule has 0 atom stereocenters. The number of hydrogen-bond donors (Lipinski definition) is 1. The number of nitrogens with zero attached hydrogens (tertiary/aromatic N) is 1. The van der Waals surface area contributed by atoms with Crippen LogP contribution in [-0.4, -0.2) is 45.5 Å². The summed E-state index contributed by atoms with van der Waals surface area (Å²) in [6, 6.07) is 0. The van der Waals surface area contributed by atoms with E-state index < -0.39 is 0 Å². The zero-order chi connectivity index (χ0) is 16.6. The number of Topliss-reactive ketones (excluding diaryl/α,β-unsaturated/α-hetero) is 1. The lowest BCUT2D eigenvalue weighted by molar-refractivity contribution is -0.115. The Kier molecular flexibility index (Phi) is 20.5. The molecule has 4 nitrogen and oxygen atoms in total. The first kappa shape index (κ1) is 23.5. The summed E-state index contributed by atoms with van der Waals surface area (Å²) in [4.78, 5) is 13.6. The predicted molar refractivity (Wildman–Crippen MR) is 88.7 cm³/mol. The van der Waals surface area contributed by atoms with Crippen LogP contribution in [0.4, 0.5) is 0 Å². The van der Waals surface area contributed by atoms with Gasteiger partial charge in [-0.25, -0.2) is 0 Å². The second-order valence-electron chi connectivity index (χ2n) is 3.78. The van der Waals surface area contributed by atoms with Gasteiger partial charge in [-0.15, -0.1) is 6.58 Å². The maximum atomic E-state index is 11.7. The van der Waals surface area contributed by atoms with Crippen LogP contribution in [0.3, 0.4) is 0 Å². The van der Waals surface area contributed by atoms with Crippen molar-refractivity contribution in [1.82, 2.24) is 10.2 Å². The minimum atomic E-state index is 0.0762. The number of nitrogens with one attached hydrogen (secondary N) is 1. The van der Waals surface area contributed by atoms with Crippen LogP contribution in [0.15, 0.2) is 36.3 Å². The first-order valence-electron chi connectivity index (χ1n) is 6.81. The van der Waals surface area contributed by atoms with Gasteiger partial charge in [0, 0.05) is 18.7 Å². The minimum Gasteiger partial charge on any atom is -0.483 e. The van der Waals surface area contributed by atoms with Crippen LogP contribution in [0.25, 0.3) is 0 Å². The van der Waals surface area contributed by atoms with Gasteiger partial charge in [-0.3, -0.25) is 4.79 Å². The summed E-state index contributed by atoms with van der Waals surface area (Å²) >= 11 is 0. The number of likely N-dealkylation sites (N-methyl/N-ethyl adjacent to an activating group) is 1. The van der Waals surface area contributed by atoms with E-state index >= 15 is 0 Å². The SMILES string of the molecule is C/C=C(\C=C(/NC)OC)C(=O)CN(C)C.C=CC.CC. The van der Waals surface area contributed by atoms with Crippen LogP contribution >= 0.6 is 0 Å². The molecule has 0 fully saturated rings. The molecule has 20 heavy (non-hydrogen) atoms. The first-order chi connectivity index (χ1) is 9.46. The summed E-state index contributed by atoms with van der Waals surface area (Å²) in [5, 5.41) is 2.86. The van der Waals surface area contributed by atoms with Crippen molar-refractivity contribution in [3.8, 4) is 0 Å². The van der Waals surface area contributed by atoms with Crippen LogP contribution in [-0.2, 0) is 9.53 Å². The summed E-state index contributed by atoms with van der Waals surface area (Å²) < 4.78 is 5.03.